The summed E-state index contributed by atoms with van der Waals surface area (Å²) in [4.78, 5) is 4.16. The van der Waals surface area contributed by atoms with Gasteiger partial charge in [0, 0.05) is 22.6 Å². The minimum Gasteiger partial charge on any atom is -0.506 e. The molecule has 5 nitrogen and oxygen atoms in total. The van der Waals surface area contributed by atoms with E-state index in [-0.39, 0.29) is 12.5 Å². The number of ether oxygens (including phenoxy) is 2. The van der Waals surface area contributed by atoms with E-state index in [1.165, 1.54) is 6.20 Å². The minimum absolute atomic E-state index is 0.159. The fourth-order valence-electron chi connectivity index (χ4n) is 3.41. The summed E-state index contributed by atoms with van der Waals surface area (Å²) in [5, 5.41) is 11.7. The number of fused-ring (bicyclic) bond motifs is 2. The van der Waals surface area contributed by atoms with Crippen LogP contribution in [0.15, 0.2) is 60.9 Å². The van der Waals surface area contributed by atoms with Gasteiger partial charge in [0.25, 0.3) is 0 Å². The van der Waals surface area contributed by atoms with E-state index in [2.05, 4.69) is 9.55 Å². The molecule has 0 bridgehead atoms. The predicted octanol–water partition coefficient (Wildman–Crippen LogP) is 4.84. The fraction of sp³-hybridized carbons (Fsp3) is 0.0952. The van der Waals surface area contributed by atoms with Crippen molar-refractivity contribution < 1.29 is 14.6 Å². The van der Waals surface area contributed by atoms with Crippen molar-refractivity contribution in [1.82, 2.24) is 9.55 Å². The Morgan fingerprint density at radius 3 is 2.67 bits per heavy atom. The van der Waals surface area contributed by atoms with E-state index in [4.69, 9.17) is 21.1 Å². The summed E-state index contributed by atoms with van der Waals surface area (Å²) in [5.74, 6) is 1.67. The quantitative estimate of drug-likeness (QED) is 0.554. The second-order valence-corrected chi connectivity index (χ2v) is 6.84. The summed E-state index contributed by atoms with van der Waals surface area (Å²) in [5.41, 5.74) is 3.91. The van der Waals surface area contributed by atoms with E-state index in [0.717, 1.165) is 39.2 Å². The molecule has 5 rings (SSSR count). The second-order valence-electron chi connectivity index (χ2n) is 6.40. The lowest BCUT2D eigenvalue weighted by Crippen LogP contribution is -2.02. The number of rotatable bonds is 3. The third-order valence-electron chi connectivity index (χ3n) is 4.73. The van der Waals surface area contributed by atoms with Gasteiger partial charge in [0.05, 0.1) is 17.9 Å². The first kappa shape index (κ1) is 16.0. The second kappa shape index (κ2) is 6.21. The number of pyridine rings is 1. The van der Waals surface area contributed by atoms with Gasteiger partial charge in [-0.1, -0.05) is 29.8 Å². The van der Waals surface area contributed by atoms with Crippen molar-refractivity contribution in [3.8, 4) is 28.5 Å². The number of hydrogen-bond acceptors (Lipinski definition) is 4. The van der Waals surface area contributed by atoms with Crippen molar-refractivity contribution in [2.75, 3.05) is 6.79 Å². The molecule has 0 fully saturated rings. The predicted molar refractivity (Wildman–Crippen MR) is 104 cm³/mol. The molecule has 2 aromatic heterocycles. The number of benzene rings is 2. The number of hydrogen-bond donors (Lipinski definition) is 1. The molecular formula is C21H15ClN2O3. The Bertz CT molecular complexity index is 1150. The van der Waals surface area contributed by atoms with Crippen LogP contribution in [0.5, 0.6) is 17.2 Å². The molecule has 4 aromatic rings. The molecule has 27 heavy (non-hydrogen) atoms. The van der Waals surface area contributed by atoms with Gasteiger partial charge in [-0.25, -0.2) is 0 Å². The Labute approximate surface area is 160 Å². The molecule has 134 valence electrons. The fourth-order valence-corrected chi connectivity index (χ4v) is 3.53. The van der Waals surface area contributed by atoms with E-state index >= 15 is 0 Å². The van der Waals surface area contributed by atoms with Crippen LogP contribution in [0.2, 0.25) is 5.02 Å². The molecule has 0 atom stereocenters. The van der Waals surface area contributed by atoms with Crippen LogP contribution in [0, 0.1) is 0 Å². The van der Waals surface area contributed by atoms with Gasteiger partial charge in [-0.15, -0.1) is 0 Å². The topological polar surface area (TPSA) is 56.5 Å². The Hall–Kier alpha value is -3.18. The van der Waals surface area contributed by atoms with Crippen molar-refractivity contribution in [3.63, 3.8) is 0 Å². The summed E-state index contributed by atoms with van der Waals surface area (Å²) in [6.07, 6.45) is 3.22. The molecule has 3 heterocycles. The normalized spacial score (nSPS) is 12.6. The molecular weight excluding hydrogens is 364 g/mol. The van der Waals surface area contributed by atoms with E-state index < -0.39 is 0 Å². The zero-order valence-electron chi connectivity index (χ0n) is 14.2. The van der Waals surface area contributed by atoms with Gasteiger partial charge in [0.15, 0.2) is 11.5 Å². The van der Waals surface area contributed by atoms with Gasteiger partial charge in [-0.2, -0.15) is 0 Å². The van der Waals surface area contributed by atoms with Crippen LogP contribution in [-0.2, 0) is 6.54 Å². The summed E-state index contributed by atoms with van der Waals surface area (Å²) in [6, 6.07) is 15.5. The van der Waals surface area contributed by atoms with Crippen LogP contribution in [0.4, 0.5) is 0 Å². The maximum absolute atomic E-state index is 10.3. The van der Waals surface area contributed by atoms with Crippen LogP contribution in [0.3, 0.4) is 0 Å². The molecule has 1 aliphatic heterocycles. The van der Waals surface area contributed by atoms with Gasteiger partial charge in [-0.3, -0.25) is 4.98 Å². The van der Waals surface area contributed by atoms with Gasteiger partial charge in [0.1, 0.15) is 5.75 Å². The number of aromatic nitrogens is 2. The van der Waals surface area contributed by atoms with Crippen molar-refractivity contribution in [3.05, 3.63) is 71.5 Å². The summed E-state index contributed by atoms with van der Waals surface area (Å²) in [7, 11) is 0. The van der Waals surface area contributed by atoms with Crippen LogP contribution in [0.1, 0.15) is 5.56 Å². The van der Waals surface area contributed by atoms with Crippen LogP contribution >= 0.6 is 11.6 Å². The third-order valence-corrected chi connectivity index (χ3v) is 4.98. The highest BCUT2D eigenvalue weighted by atomic mass is 35.5. The van der Waals surface area contributed by atoms with Gasteiger partial charge in [0.2, 0.25) is 6.79 Å². The van der Waals surface area contributed by atoms with Gasteiger partial charge in [-0.05, 0) is 41.5 Å². The standard InChI is InChI=1S/C21H15ClN2O3/c22-15-4-2-14(3-5-15)17-8-16-18(9-23-10-19(16)25)24(17)11-13-1-6-20-21(7-13)27-12-26-20/h1-10,25H,11-12H2. The Morgan fingerprint density at radius 2 is 1.81 bits per heavy atom. The van der Waals surface area contributed by atoms with Crippen LogP contribution in [-0.4, -0.2) is 21.5 Å². The van der Waals surface area contributed by atoms with Gasteiger partial charge < -0.3 is 19.1 Å². The monoisotopic (exact) mass is 378 g/mol. The van der Waals surface area contributed by atoms with Crippen molar-refractivity contribution in [1.29, 1.82) is 0 Å². The summed E-state index contributed by atoms with van der Waals surface area (Å²) < 4.78 is 13.0. The summed E-state index contributed by atoms with van der Waals surface area (Å²) in [6.45, 7) is 0.849. The molecule has 0 saturated carbocycles. The first-order valence-corrected chi connectivity index (χ1v) is 8.87. The van der Waals surface area contributed by atoms with E-state index in [1.807, 2.05) is 48.5 Å². The molecule has 1 N–H and O–H groups in total. The first-order valence-electron chi connectivity index (χ1n) is 8.50. The maximum atomic E-state index is 10.3. The zero-order chi connectivity index (χ0) is 18.4. The molecule has 0 radical (unpaired) electrons. The highest BCUT2D eigenvalue weighted by molar-refractivity contribution is 6.30. The van der Waals surface area contributed by atoms with E-state index in [9.17, 15) is 5.11 Å². The molecule has 0 aliphatic carbocycles. The highest BCUT2D eigenvalue weighted by Gasteiger charge is 2.17. The Morgan fingerprint density at radius 1 is 1.00 bits per heavy atom. The van der Waals surface area contributed by atoms with E-state index in [1.54, 1.807) is 6.20 Å². The smallest absolute Gasteiger partial charge is 0.231 e. The molecule has 0 amide bonds. The number of halogens is 1. The molecule has 0 spiro atoms. The SMILES string of the molecule is Oc1cncc2c1cc(-c1ccc(Cl)cc1)n2Cc1ccc2c(c1)OCO2. The lowest BCUT2D eigenvalue weighted by Gasteiger charge is -2.12. The van der Waals surface area contributed by atoms with Crippen LogP contribution in [0.25, 0.3) is 22.2 Å². The first-order chi connectivity index (χ1) is 13.2. The Kier molecular flexibility index (Phi) is 3.69. The van der Waals surface area contributed by atoms with E-state index in [0.29, 0.717) is 11.6 Å². The molecule has 1 aliphatic rings. The molecule has 0 saturated heterocycles. The molecule has 0 unspecified atom stereocenters. The average molecular weight is 379 g/mol. The van der Waals surface area contributed by atoms with Gasteiger partial charge >= 0.3 is 0 Å². The largest absolute Gasteiger partial charge is 0.506 e. The van der Waals surface area contributed by atoms with Crippen molar-refractivity contribution in [2.24, 2.45) is 0 Å². The third kappa shape index (κ3) is 2.76. The number of aromatic hydroxyl groups is 1. The molecule has 2 aromatic carbocycles. The minimum atomic E-state index is 0.159. The van der Waals surface area contributed by atoms with Crippen LogP contribution < -0.4 is 9.47 Å². The lowest BCUT2D eigenvalue weighted by molar-refractivity contribution is 0.174. The highest BCUT2D eigenvalue weighted by Crippen LogP contribution is 2.36. The zero-order valence-corrected chi connectivity index (χ0v) is 15.0. The maximum Gasteiger partial charge on any atom is 0.231 e. The summed E-state index contributed by atoms with van der Waals surface area (Å²) >= 11 is 6.04. The average Bonchev–Trinajstić information content (AvgIpc) is 3.28. The molecule has 6 heteroatoms. The Balaban J connectivity index is 1.66. The van der Waals surface area contributed by atoms with Crippen molar-refractivity contribution >= 4 is 22.5 Å². The lowest BCUT2D eigenvalue weighted by atomic mass is 10.1. The van der Waals surface area contributed by atoms with Crippen molar-refractivity contribution in [2.45, 2.75) is 6.54 Å². The number of nitrogens with zero attached hydrogens (tertiary/aromatic N) is 2.